The highest BCUT2D eigenvalue weighted by molar-refractivity contribution is 4.96. The molecule has 0 unspecified atom stereocenters. The van der Waals surface area contributed by atoms with Gasteiger partial charge in [0.15, 0.2) is 5.89 Å². The molecule has 0 N–H and O–H groups in total. The molecule has 2 heterocycles. The zero-order chi connectivity index (χ0) is 13.1. The topological polar surface area (TPSA) is 32.5 Å². The Labute approximate surface area is 110 Å². The van der Waals surface area contributed by atoms with Gasteiger partial charge in [-0.2, -0.15) is 0 Å². The summed E-state index contributed by atoms with van der Waals surface area (Å²) in [6.07, 6.45) is 3.00. The maximum Gasteiger partial charge on any atom is 0.191 e. The van der Waals surface area contributed by atoms with Crippen molar-refractivity contribution < 1.29 is 4.42 Å². The van der Waals surface area contributed by atoms with Gasteiger partial charge >= 0.3 is 0 Å². The lowest BCUT2D eigenvalue weighted by atomic mass is 10.1. The van der Waals surface area contributed by atoms with Gasteiger partial charge in [0.2, 0.25) is 0 Å². The summed E-state index contributed by atoms with van der Waals surface area (Å²) in [5.74, 6) is 0.762. The molecule has 0 aromatic carbocycles. The van der Waals surface area contributed by atoms with E-state index in [1.807, 2.05) is 6.92 Å². The minimum atomic E-state index is 0.645. The van der Waals surface area contributed by atoms with Crippen LogP contribution in [0.25, 0.3) is 0 Å². The lowest BCUT2D eigenvalue weighted by Crippen LogP contribution is -2.54. The molecule has 18 heavy (non-hydrogen) atoms. The molecule has 0 bridgehead atoms. The number of oxazole rings is 1. The first kappa shape index (κ1) is 13.6. The monoisotopic (exact) mass is 251 g/mol. The Morgan fingerprint density at radius 3 is 2.78 bits per heavy atom. The first-order valence-corrected chi connectivity index (χ1v) is 6.99. The molecule has 102 valence electrons. The highest BCUT2D eigenvalue weighted by atomic mass is 16.3. The molecule has 1 fully saturated rings. The Kier molecular flexibility index (Phi) is 4.40. The number of hydrogen-bond acceptors (Lipinski definition) is 4. The summed E-state index contributed by atoms with van der Waals surface area (Å²) in [6, 6.07) is 1.32. The van der Waals surface area contributed by atoms with E-state index in [1.54, 1.807) is 6.26 Å². The number of aryl methyl sites for hydroxylation is 1. The highest BCUT2D eigenvalue weighted by Crippen LogP contribution is 2.17. The van der Waals surface area contributed by atoms with Crippen molar-refractivity contribution >= 4 is 0 Å². The molecule has 0 aliphatic carbocycles. The molecular formula is C14H25N3O. The van der Waals surface area contributed by atoms with Crippen molar-refractivity contribution in [1.29, 1.82) is 0 Å². The lowest BCUT2D eigenvalue weighted by Gasteiger charge is -2.43. The van der Waals surface area contributed by atoms with E-state index >= 15 is 0 Å². The summed E-state index contributed by atoms with van der Waals surface area (Å²) >= 11 is 0. The van der Waals surface area contributed by atoms with Crippen LogP contribution < -0.4 is 0 Å². The van der Waals surface area contributed by atoms with Crippen LogP contribution in [0.3, 0.4) is 0 Å². The summed E-state index contributed by atoms with van der Waals surface area (Å²) in [6.45, 7) is 13.1. The van der Waals surface area contributed by atoms with Crippen LogP contribution in [-0.2, 0) is 6.54 Å². The fourth-order valence-electron chi connectivity index (χ4n) is 2.83. The van der Waals surface area contributed by atoms with Gasteiger partial charge in [0.1, 0.15) is 6.26 Å². The van der Waals surface area contributed by atoms with Crippen LogP contribution in [0.5, 0.6) is 0 Å². The minimum Gasteiger partial charge on any atom is -0.449 e. The van der Waals surface area contributed by atoms with E-state index in [1.165, 1.54) is 6.42 Å². The Hall–Kier alpha value is -0.870. The molecule has 4 nitrogen and oxygen atoms in total. The number of nitrogens with zero attached hydrogens (tertiary/aromatic N) is 3. The fourth-order valence-corrected chi connectivity index (χ4v) is 2.83. The zero-order valence-electron chi connectivity index (χ0n) is 12.0. The number of rotatable bonds is 4. The third-order valence-electron chi connectivity index (χ3n) is 3.80. The SMILES string of the molecule is CC[C@H]1CN(Cc2coc(C)n2)CCN1C(C)C. The van der Waals surface area contributed by atoms with E-state index < -0.39 is 0 Å². The van der Waals surface area contributed by atoms with Crippen molar-refractivity contribution in [3.05, 3.63) is 17.8 Å². The smallest absolute Gasteiger partial charge is 0.191 e. The van der Waals surface area contributed by atoms with E-state index in [9.17, 15) is 0 Å². The second kappa shape index (κ2) is 5.85. The van der Waals surface area contributed by atoms with Crippen LogP contribution in [0.2, 0.25) is 0 Å². The molecule has 0 radical (unpaired) electrons. The van der Waals surface area contributed by atoms with Crippen molar-refractivity contribution in [1.82, 2.24) is 14.8 Å². The van der Waals surface area contributed by atoms with Gasteiger partial charge in [0.25, 0.3) is 0 Å². The number of aromatic nitrogens is 1. The molecule has 0 amide bonds. The molecule has 1 atom stereocenters. The molecular weight excluding hydrogens is 226 g/mol. The molecule has 2 rings (SSSR count). The van der Waals surface area contributed by atoms with E-state index in [4.69, 9.17) is 4.42 Å². The van der Waals surface area contributed by atoms with Crippen molar-refractivity contribution in [2.75, 3.05) is 19.6 Å². The van der Waals surface area contributed by atoms with Gasteiger partial charge in [0.05, 0.1) is 5.69 Å². The standard InChI is InChI=1S/C14H25N3O/c1-5-14-9-16(6-7-17(14)11(2)3)8-13-10-18-12(4)15-13/h10-11,14H,5-9H2,1-4H3/t14-/m0/s1. The quantitative estimate of drug-likeness (QED) is 0.822. The Morgan fingerprint density at radius 2 is 2.22 bits per heavy atom. The van der Waals surface area contributed by atoms with Crippen LogP contribution in [0.4, 0.5) is 0 Å². The van der Waals surface area contributed by atoms with E-state index in [0.29, 0.717) is 12.1 Å². The Morgan fingerprint density at radius 1 is 1.44 bits per heavy atom. The molecule has 1 aliphatic heterocycles. The average molecular weight is 251 g/mol. The largest absolute Gasteiger partial charge is 0.449 e. The summed E-state index contributed by atoms with van der Waals surface area (Å²) in [4.78, 5) is 9.49. The summed E-state index contributed by atoms with van der Waals surface area (Å²) < 4.78 is 5.27. The molecule has 1 aliphatic rings. The molecule has 0 spiro atoms. The maximum atomic E-state index is 5.27. The maximum absolute atomic E-state index is 5.27. The van der Waals surface area contributed by atoms with Crippen molar-refractivity contribution in [2.24, 2.45) is 0 Å². The lowest BCUT2D eigenvalue weighted by molar-refractivity contribution is 0.0451. The number of piperazine rings is 1. The second-order valence-electron chi connectivity index (χ2n) is 5.49. The predicted octanol–water partition coefficient (Wildman–Crippen LogP) is 2.29. The van der Waals surface area contributed by atoms with Crippen LogP contribution in [0, 0.1) is 6.92 Å². The van der Waals surface area contributed by atoms with E-state index in [0.717, 1.165) is 37.8 Å². The Bertz CT molecular complexity index is 375. The van der Waals surface area contributed by atoms with Gasteiger partial charge in [-0.15, -0.1) is 0 Å². The Balaban J connectivity index is 1.93. The molecule has 1 aromatic rings. The molecule has 1 saturated heterocycles. The van der Waals surface area contributed by atoms with Crippen molar-refractivity contribution in [2.45, 2.75) is 52.7 Å². The molecule has 1 aromatic heterocycles. The van der Waals surface area contributed by atoms with E-state index in [2.05, 4.69) is 35.6 Å². The second-order valence-corrected chi connectivity index (χ2v) is 5.49. The fraction of sp³-hybridized carbons (Fsp3) is 0.786. The average Bonchev–Trinajstić information content (AvgIpc) is 2.74. The summed E-state index contributed by atoms with van der Waals surface area (Å²) in [5, 5.41) is 0. The summed E-state index contributed by atoms with van der Waals surface area (Å²) in [7, 11) is 0. The first-order valence-electron chi connectivity index (χ1n) is 6.99. The highest BCUT2D eigenvalue weighted by Gasteiger charge is 2.27. The number of hydrogen-bond donors (Lipinski definition) is 0. The normalized spacial score (nSPS) is 22.8. The van der Waals surface area contributed by atoms with Gasteiger partial charge in [0, 0.05) is 45.2 Å². The third kappa shape index (κ3) is 3.12. The minimum absolute atomic E-state index is 0.645. The van der Waals surface area contributed by atoms with Crippen LogP contribution >= 0.6 is 0 Å². The molecule has 0 saturated carbocycles. The van der Waals surface area contributed by atoms with Crippen LogP contribution in [0.15, 0.2) is 10.7 Å². The van der Waals surface area contributed by atoms with Gasteiger partial charge in [-0.25, -0.2) is 4.98 Å². The zero-order valence-corrected chi connectivity index (χ0v) is 12.0. The van der Waals surface area contributed by atoms with Crippen LogP contribution in [-0.4, -0.2) is 46.5 Å². The first-order chi connectivity index (χ1) is 8.60. The predicted molar refractivity (Wildman–Crippen MR) is 72.4 cm³/mol. The summed E-state index contributed by atoms with van der Waals surface area (Å²) in [5.41, 5.74) is 1.06. The van der Waals surface area contributed by atoms with Crippen LogP contribution in [0.1, 0.15) is 38.8 Å². The van der Waals surface area contributed by atoms with E-state index in [-0.39, 0.29) is 0 Å². The molecule has 4 heteroatoms. The third-order valence-corrected chi connectivity index (χ3v) is 3.80. The van der Waals surface area contributed by atoms with Gasteiger partial charge < -0.3 is 4.42 Å². The van der Waals surface area contributed by atoms with Gasteiger partial charge in [-0.3, -0.25) is 9.80 Å². The van der Waals surface area contributed by atoms with Gasteiger partial charge in [-0.05, 0) is 20.3 Å². The van der Waals surface area contributed by atoms with Crippen molar-refractivity contribution in [3.8, 4) is 0 Å². The van der Waals surface area contributed by atoms with Crippen molar-refractivity contribution in [3.63, 3.8) is 0 Å². The van der Waals surface area contributed by atoms with Gasteiger partial charge in [-0.1, -0.05) is 6.92 Å².